The van der Waals surface area contributed by atoms with Crippen LogP contribution in [0.1, 0.15) is 22.3 Å². The average molecular weight is 347 g/mol. The van der Waals surface area contributed by atoms with Gasteiger partial charge in [-0.3, -0.25) is 0 Å². The first-order chi connectivity index (χ1) is 12.7. The van der Waals surface area contributed by atoms with Gasteiger partial charge in [-0.1, -0.05) is 60.2 Å². The summed E-state index contributed by atoms with van der Waals surface area (Å²) in [5, 5.41) is 3.46. The van der Waals surface area contributed by atoms with E-state index in [1.807, 2.05) is 30.3 Å². The van der Waals surface area contributed by atoms with Crippen molar-refractivity contribution in [2.24, 2.45) is 0 Å². The van der Waals surface area contributed by atoms with Gasteiger partial charge in [-0.25, -0.2) is 0 Å². The van der Waals surface area contributed by atoms with E-state index in [0.29, 0.717) is 6.61 Å². The second kappa shape index (κ2) is 9.07. The molecular formula is C23H25NO2. The summed E-state index contributed by atoms with van der Waals surface area (Å²) in [7, 11) is 1.70. The van der Waals surface area contributed by atoms with Gasteiger partial charge in [-0.15, -0.1) is 0 Å². The third kappa shape index (κ3) is 5.11. The first-order valence-electron chi connectivity index (χ1n) is 8.84. The Morgan fingerprint density at radius 3 is 2.38 bits per heavy atom. The third-order valence-corrected chi connectivity index (χ3v) is 4.25. The SMILES string of the molecule is COc1ccccc1CNCc1ccc(OCc2cccc(C)c2)cc1. The van der Waals surface area contributed by atoms with E-state index in [1.165, 1.54) is 16.7 Å². The molecule has 0 amide bonds. The van der Waals surface area contributed by atoms with Crippen molar-refractivity contribution < 1.29 is 9.47 Å². The molecule has 0 saturated carbocycles. The molecule has 0 heterocycles. The summed E-state index contributed by atoms with van der Waals surface area (Å²) >= 11 is 0. The van der Waals surface area contributed by atoms with Crippen molar-refractivity contribution in [3.8, 4) is 11.5 Å². The molecule has 0 fully saturated rings. The zero-order valence-corrected chi connectivity index (χ0v) is 15.4. The average Bonchev–Trinajstić information content (AvgIpc) is 2.68. The standard InChI is InChI=1S/C23H25NO2/c1-18-6-5-7-20(14-18)17-26-22-12-10-19(11-13-22)15-24-16-21-8-3-4-9-23(21)25-2/h3-14,24H,15-17H2,1-2H3. The van der Waals surface area contributed by atoms with Gasteiger partial charge in [0.05, 0.1) is 7.11 Å². The lowest BCUT2D eigenvalue weighted by molar-refractivity contribution is 0.306. The number of para-hydroxylation sites is 1. The summed E-state index contributed by atoms with van der Waals surface area (Å²) in [5.74, 6) is 1.81. The van der Waals surface area contributed by atoms with Gasteiger partial charge >= 0.3 is 0 Å². The molecule has 0 aliphatic heterocycles. The molecule has 3 heteroatoms. The number of aryl methyl sites for hydroxylation is 1. The van der Waals surface area contributed by atoms with Gasteiger partial charge in [0.2, 0.25) is 0 Å². The Kier molecular flexibility index (Phi) is 6.29. The summed E-state index contributed by atoms with van der Waals surface area (Å²) in [4.78, 5) is 0. The number of benzene rings is 3. The summed E-state index contributed by atoms with van der Waals surface area (Å²) < 4.78 is 11.2. The molecule has 3 aromatic rings. The van der Waals surface area contributed by atoms with Gasteiger partial charge < -0.3 is 14.8 Å². The zero-order valence-electron chi connectivity index (χ0n) is 15.4. The van der Waals surface area contributed by atoms with Crippen molar-refractivity contribution in [2.45, 2.75) is 26.6 Å². The fourth-order valence-corrected chi connectivity index (χ4v) is 2.86. The van der Waals surface area contributed by atoms with E-state index in [9.17, 15) is 0 Å². The number of hydrogen-bond donors (Lipinski definition) is 1. The van der Waals surface area contributed by atoms with Crippen LogP contribution >= 0.6 is 0 Å². The lowest BCUT2D eigenvalue weighted by Crippen LogP contribution is -2.13. The first-order valence-corrected chi connectivity index (χ1v) is 8.84. The molecule has 26 heavy (non-hydrogen) atoms. The third-order valence-electron chi connectivity index (χ3n) is 4.25. The predicted octanol–water partition coefficient (Wildman–Crippen LogP) is 4.87. The highest BCUT2D eigenvalue weighted by Gasteiger charge is 2.02. The molecule has 0 aliphatic carbocycles. The van der Waals surface area contributed by atoms with Gasteiger partial charge in [0.1, 0.15) is 18.1 Å². The number of rotatable bonds is 8. The molecular weight excluding hydrogens is 322 g/mol. The predicted molar refractivity (Wildman–Crippen MR) is 105 cm³/mol. The Morgan fingerprint density at radius 1 is 0.808 bits per heavy atom. The Morgan fingerprint density at radius 2 is 1.62 bits per heavy atom. The van der Waals surface area contributed by atoms with Crippen molar-refractivity contribution in [3.05, 3.63) is 95.1 Å². The summed E-state index contributed by atoms with van der Waals surface area (Å²) in [6, 6.07) is 24.7. The van der Waals surface area contributed by atoms with Crippen LogP contribution < -0.4 is 14.8 Å². The number of nitrogens with one attached hydrogen (secondary N) is 1. The second-order valence-electron chi connectivity index (χ2n) is 6.34. The molecule has 0 radical (unpaired) electrons. The van der Waals surface area contributed by atoms with Gasteiger partial charge in [0.25, 0.3) is 0 Å². The molecule has 0 unspecified atom stereocenters. The van der Waals surface area contributed by atoms with Crippen molar-refractivity contribution in [2.75, 3.05) is 7.11 Å². The normalized spacial score (nSPS) is 10.5. The van der Waals surface area contributed by atoms with Crippen LogP contribution in [0.5, 0.6) is 11.5 Å². The summed E-state index contributed by atoms with van der Waals surface area (Å²) in [5.41, 5.74) is 4.83. The minimum atomic E-state index is 0.590. The highest BCUT2D eigenvalue weighted by atomic mass is 16.5. The van der Waals surface area contributed by atoms with Gasteiger partial charge in [0, 0.05) is 18.7 Å². The lowest BCUT2D eigenvalue weighted by Gasteiger charge is -2.10. The van der Waals surface area contributed by atoms with Crippen LogP contribution in [-0.4, -0.2) is 7.11 Å². The van der Waals surface area contributed by atoms with Gasteiger partial charge in [0.15, 0.2) is 0 Å². The quantitative estimate of drug-likeness (QED) is 0.630. The Balaban J connectivity index is 1.48. The number of ether oxygens (including phenoxy) is 2. The molecule has 134 valence electrons. The largest absolute Gasteiger partial charge is 0.496 e. The maximum Gasteiger partial charge on any atom is 0.123 e. The molecule has 0 bridgehead atoms. The molecule has 0 aromatic heterocycles. The Bertz CT molecular complexity index is 828. The van der Waals surface area contributed by atoms with Crippen LogP contribution in [-0.2, 0) is 19.7 Å². The molecule has 0 aliphatic rings. The van der Waals surface area contributed by atoms with Crippen LogP contribution in [0.25, 0.3) is 0 Å². The maximum atomic E-state index is 5.87. The van der Waals surface area contributed by atoms with E-state index in [1.54, 1.807) is 7.11 Å². The van der Waals surface area contributed by atoms with Crippen LogP contribution in [0.2, 0.25) is 0 Å². The molecule has 1 N–H and O–H groups in total. The Hall–Kier alpha value is -2.78. The number of methoxy groups -OCH3 is 1. The van der Waals surface area contributed by atoms with E-state index >= 15 is 0 Å². The first kappa shape index (κ1) is 18.0. The van der Waals surface area contributed by atoms with Crippen molar-refractivity contribution in [3.63, 3.8) is 0 Å². The lowest BCUT2D eigenvalue weighted by atomic mass is 10.1. The fourth-order valence-electron chi connectivity index (χ4n) is 2.86. The molecule has 3 nitrogen and oxygen atoms in total. The highest BCUT2D eigenvalue weighted by Crippen LogP contribution is 2.18. The van der Waals surface area contributed by atoms with Crippen LogP contribution in [0.15, 0.2) is 72.8 Å². The van der Waals surface area contributed by atoms with E-state index < -0.39 is 0 Å². The second-order valence-corrected chi connectivity index (χ2v) is 6.34. The maximum absolute atomic E-state index is 5.87. The molecule has 3 rings (SSSR count). The van der Waals surface area contributed by atoms with E-state index in [2.05, 4.69) is 54.7 Å². The van der Waals surface area contributed by atoms with E-state index in [-0.39, 0.29) is 0 Å². The van der Waals surface area contributed by atoms with E-state index in [0.717, 1.165) is 30.2 Å². The topological polar surface area (TPSA) is 30.5 Å². The summed E-state index contributed by atoms with van der Waals surface area (Å²) in [6.07, 6.45) is 0. The minimum absolute atomic E-state index is 0.590. The minimum Gasteiger partial charge on any atom is -0.496 e. The summed E-state index contributed by atoms with van der Waals surface area (Å²) in [6.45, 7) is 4.26. The zero-order chi connectivity index (χ0) is 18.2. The monoisotopic (exact) mass is 347 g/mol. The van der Waals surface area contributed by atoms with Crippen molar-refractivity contribution >= 4 is 0 Å². The molecule has 3 aromatic carbocycles. The molecule has 0 spiro atoms. The van der Waals surface area contributed by atoms with E-state index in [4.69, 9.17) is 9.47 Å². The van der Waals surface area contributed by atoms with Crippen LogP contribution in [0.4, 0.5) is 0 Å². The number of hydrogen-bond acceptors (Lipinski definition) is 3. The Labute approximate surface area is 155 Å². The molecule has 0 atom stereocenters. The molecule has 0 saturated heterocycles. The smallest absolute Gasteiger partial charge is 0.123 e. The highest BCUT2D eigenvalue weighted by molar-refractivity contribution is 5.33. The fraction of sp³-hybridized carbons (Fsp3) is 0.217. The van der Waals surface area contributed by atoms with Gasteiger partial charge in [-0.2, -0.15) is 0 Å². The van der Waals surface area contributed by atoms with Gasteiger partial charge in [-0.05, 0) is 36.2 Å². The van der Waals surface area contributed by atoms with Crippen molar-refractivity contribution in [1.82, 2.24) is 5.32 Å². The van der Waals surface area contributed by atoms with Crippen molar-refractivity contribution in [1.29, 1.82) is 0 Å². The van der Waals surface area contributed by atoms with Crippen LogP contribution in [0.3, 0.4) is 0 Å². The van der Waals surface area contributed by atoms with Crippen LogP contribution in [0, 0.1) is 6.92 Å².